The summed E-state index contributed by atoms with van der Waals surface area (Å²) in [5.74, 6) is 0. The van der Waals surface area contributed by atoms with Crippen molar-refractivity contribution in [1.29, 1.82) is 0 Å². The van der Waals surface area contributed by atoms with Gasteiger partial charge in [-0.1, -0.05) is 44.5 Å². The predicted octanol–water partition coefficient (Wildman–Crippen LogP) is 3.86. The second-order valence-electron chi connectivity index (χ2n) is 6.38. The molecule has 3 nitrogen and oxygen atoms in total. The van der Waals surface area contributed by atoms with E-state index in [4.69, 9.17) is 0 Å². The molecule has 1 aromatic carbocycles. The molecule has 3 heteroatoms. The molecule has 124 valence electrons. The zero-order chi connectivity index (χ0) is 17.0. The molecule has 1 heterocycles. The zero-order valence-corrected chi connectivity index (χ0v) is 15.0. The van der Waals surface area contributed by atoms with Crippen LogP contribution in [0.3, 0.4) is 0 Å². The van der Waals surface area contributed by atoms with Gasteiger partial charge in [0, 0.05) is 26.2 Å². The molecular formula is C20H28N2O. The van der Waals surface area contributed by atoms with Crippen LogP contribution in [0.1, 0.15) is 48.2 Å². The molecule has 1 aromatic heterocycles. The molecule has 0 bridgehead atoms. The number of H-pyrrole nitrogens is 1. The fourth-order valence-electron chi connectivity index (χ4n) is 3.34. The van der Waals surface area contributed by atoms with Crippen molar-refractivity contribution in [3.63, 3.8) is 0 Å². The highest BCUT2D eigenvalue weighted by molar-refractivity contribution is 5.57. The highest BCUT2D eigenvalue weighted by Crippen LogP contribution is 2.24. The molecule has 0 unspecified atom stereocenters. The zero-order valence-electron chi connectivity index (χ0n) is 15.0. The number of aryl methyl sites for hydroxylation is 2. The number of aromatic nitrogens is 1. The largest absolute Gasteiger partial charge is 0.373 e. The number of hydrogen-bond donors (Lipinski definition) is 1. The Morgan fingerprint density at radius 2 is 1.78 bits per heavy atom. The van der Waals surface area contributed by atoms with E-state index in [9.17, 15) is 4.79 Å². The van der Waals surface area contributed by atoms with Gasteiger partial charge in [0.05, 0.1) is 0 Å². The van der Waals surface area contributed by atoms with E-state index in [0.29, 0.717) is 0 Å². The fourth-order valence-corrected chi connectivity index (χ4v) is 3.34. The lowest BCUT2D eigenvalue weighted by Crippen LogP contribution is -2.25. The summed E-state index contributed by atoms with van der Waals surface area (Å²) in [6, 6.07) is 8.75. The first-order chi connectivity index (χ1) is 11.0. The number of nitrogens with zero attached hydrogens (tertiary/aromatic N) is 1. The lowest BCUT2D eigenvalue weighted by Gasteiger charge is -2.21. The Bertz CT molecular complexity index is 729. The summed E-state index contributed by atoms with van der Waals surface area (Å²) in [6.07, 6.45) is 3.98. The smallest absolute Gasteiger partial charge is 0.271 e. The van der Waals surface area contributed by atoms with E-state index in [2.05, 4.69) is 43.1 Å². The summed E-state index contributed by atoms with van der Waals surface area (Å²) in [4.78, 5) is 17.4. The molecule has 23 heavy (non-hydrogen) atoms. The molecule has 0 spiro atoms. The molecule has 0 amide bonds. The number of aromatic amines is 1. The quantitative estimate of drug-likeness (QED) is 0.879. The van der Waals surface area contributed by atoms with Crippen molar-refractivity contribution in [3.05, 3.63) is 62.6 Å². The number of nitrogens with one attached hydrogen (secondary N) is 1. The lowest BCUT2D eigenvalue weighted by atomic mass is 9.94. The monoisotopic (exact) mass is 312 g/mol. The minimum atomic E-state index is 0.00409. The Kier molecular flexibility index (Phi) is 5.64. The second kappa shape index (κ2) is 7.49. The third kappa shape index (κ3) is 3.84. The highest BCUT2D eigenvalue weighted by Gasteiger charge is 2.16. The Hall–Kier alpha value is -2.03. The van der Waals surface area contributed by atoms with Crippen molar-refractivity contribution < 1.29 is 0 Å². The molecular weight excluding hydrogens is 284 g/mol. The van der Waals surface area contributed by atoms with Gasteiger partial charge in [0.15, 0.2) is 0 Å². The minimum absolute atomic E-state index is 0.00409. The van der Waals surface area contributed by atoms with E-state index >= 15 is 0 Å². The molecule has 0 saturated carbocycles. The highest BCUT2D eigenvalue weighted by atomic mass is 16.1. The normalized spacial score (nSPS) is 10.8. The Morgan fingerprint density at radius 1 is 1.09 bits per heavy atom. The van der Waals surface area contributed by atoms with Gasteiger partial charge in [-0.05, 0) is 42.0 Å². The molecule has 0 radical (unpaired) electrons. The van der Waals surface area contributed by atoms with E-state index in [0.717, 1.165) is 42.6 Å². The van der Waals surface area contributed by atoms with Gasteiger partial charge >= 0.3 is 0 Å². The molecule has 0 aliphatic rings. The van der Waals surface area contributed by atoms with Crippen LogP contribution < -0.4 is 10.5 Å². The molecule has 0 aliphatic carbocycles. The van der Waals surface area contributed by atoms with E-state index in [-0.39, 0.29) is 5.56 Å². The van der Waals surface area contributed by atoms with Crippen LogP contribution in [0.15, 0.2) is 29.1 Å². The van der Waals surface area contributed by atoms with Crippen molar-refractivity contribution in [2.24, 2.45) is 0 Å². The van der Waals surface area contributed by atoms with Crippen LogP contribution in [-0.4, -0.2) is 19.1 Å². The summed E-state index contributed by atoms with van der Waals surface area (Å²) in [5, 5.41) is 0. The topological polar surface area (TPSA) is 36.1 Å². The van der Waals surface area contributed by atoms with Gasteiger partial charge in [-0.15, -0.1) is 0 Å². The van der Waals surface area contributed by atoms with Gasteiger partial charge in [-0.2, -0.15) is 0 Å². The van der Waals surface area contributed by atoms with E-state index in [1.54, 1.807) is 0 Å². The van der Waals surface area contributed by atoms with Crippen LogP contribution in [0.4, 0.5) is 5.69 Å². The molecule has 0 fully saturated rings. The molecule has 0 saturated heterocycles. The molecule has 1 N–H and O–H groups in total. The first kappa shape index (κ1) is 17.3. The molecule has 2 rings (SSSR count). The number of anilines is 1. The van der Waals surface area contributed by atoms with Gasteiger partial charge in [-0.25, -0.2) is 0 Å². The summed E-state index contributed by atoms with van der Waals surface area (Å²) in [6.45, 7) is 6.35. The van der Waals surface area contributed by atoms with Crippen LogP contribution in [-0.2, 0) is 19.3 Å². The van der Waals surface area contributed by atoms with Crippen LogP contribution in [0.25, 0.3) is 0 Å². The standard InChI is InChI=1S/C20H28N2O/c1-6-9-15-10-8-11-16(12-15)13-18-17(7-2)14(3)21-20(23)19(18)22(4)5/h8,10-12H,6-7,9,13H2,1-5H3,(H,21,23). The lowest BCUT2D eigenvalue weighted by molar-refractivity contribution is 0.914. The first-order valence-electron chi connectivity index (χ1n) is 8.47. The van der Waals surface area contributed by atoms with Crippen molar-refractivity contribution in [2.75, 3.05) is 19.0 Å². The maximum atomic E-state index is 12.4. The van der Waals surface area contributed by atoms with E-state index < -0.39 is 0 Å². The SMILES string of the molecule is CCCc1cccc(Cc2c(CC)c(C)[nH]c(=O)c2N(C)C)c1. The van der Waals surface area contributed by atoms with Crippen molar-refractivity contribution >= 4 is 5.69 Å². The average molecular weight is 312 g/mol. The third-order valence-corrected chi connectivity index (χ3v) is 4.33. The Morgan fingerprint density at radius 3 is 2.39 bits per heavy atom. The number of hydrogen-bond acceptors (Lipinski definition) is 2. The Balaban J connectivity index is 2.53. The van der Waals surface area contributed by atoms with Gasteiger partial charge < -0.3 is 9.88 Å². The predicted molar refractivity (Wildman–Crippen MR) is 98.7 cm³/mol. The molecule has 0 atom stereocenters. The summed E-state index contributed by atoms with van der Waals surface area (Å²) < 4.78 is 0. The third-order valence-electron chi connectivity index (χ3n) is 4.33. The molecule has 2 aromatic rings. The summed E-state index contributed by atoms with van der Waals surface area (Å²) >= 11 is 0. The van der Waals surface area contributed by atoms with Crippen LogP contribution >= 0.6 is 0 Å². The van der Waals surface area contributed by atoms with Crippen molar-refractivity contribution in [2.45, 2.75) is 46.5 Å². The maximum absolute atomic E-state index is 12.4. The van der Waals surface area contributed by atoms with Crippen LogP contribution in [0, 0.1) is 6.92 Å². The second-order valence-corrected chi connectivity index (χ2v) is 6.38. The van der Waals surface area contributed by atoms with Gasteiger partial charge in [0.2, 0.25) is 0 Å². The van der Waals surface area contributed by atoms with E-state index in [1.807, 2.05) is 25.9 Å². The summed E-state index contributed by atoms with van der Waals surface area (Å²) in [5.41, 5.74) is 6.84. The number of benzene rings is 1. The fraction of sp³-hybridized carbons (Fsp3) is 0.450. The average Bonchev–Trinajstić information content (AvgIpc) is 2.47. The first-order valence-corrected chi connectivity index (χ1v) is 8.47. The van der Waals surface area contributed by atoms with Crippen LogP contribution in [0.5, 0.6) is 0 Å². The molecule has 0 aliphatic heterocycles. The Labute approximate surface area is 139 Å². The maximum Gasteiger partial charge on any atom is 0.271 e. The summed E-state index contributed by atoms with van der Waals surface area (Å²) in [7, 11) is 3.88. The van der Waals surface area contributed by atoms with Crippen molar-refractivity contribution in [3.8, 4) is 0 Å². The minimum Gasteiger partial charge on any atom is -0.373 e. The van der Waals surface area contributed by atoms with Crippen molar-refractivity contribution in [1.82, 2.24) is 4.98 Å². The number of rotatable bonds is 6. The van der Waals surface area contributed by atoms with E-state index in [1.165, 1.54) is 16.7 Å². The van der Waals surface area contributed by atoms with Crippen LogP contribution in [0.2, 0.25) is 0 Å². The van der Waals surface area contributed by atoms with Gasteiger partial charge in [-0.3, -0.25) is 4.79 Å². The van der Waals surface area contributed by atoms with Gasteiger partial charge in [0.25, 0.3) is 5.56 Å². The number of pyridine rings is 1. The van der Waals surface area contributed by atoms with Gasteiger partial charge in [0.1, 0.15) is 5.69 Å².